The van der Waals surface area contributed by atoms with Crippen molar-refractivity contribution < 1.29 is 19.4 Å². The molecule has 0 amide bonds. The van der Waals surface area contributed by atoms with Gasteiger partial charge in [0.2, 0.25) is 0 Å². The van der Waals surface area contributed by atoms with Crippen LogP contribution < -0.4 is 9.47 Å². The topological polar surface area (TPSA) is 55.8 Å². The molecule has 0 unspecified atom stereocenters. The summed E-state index contributed by atoms with van der Waals surface area (Å²) in [4.78, 5) is 11.0. The summed E-state index contributed by atoms with van der Waals surface area (Å²) >= 11 is 0. The third kappa shape index (κ3) is 2.10. The van der Waals surface area contributed by atoms with Crippen LogP contribution in [0.4, 0.5) is 0 Å². The standard InChI is InChI=1S/C11H12O4/c1-4-7-5-8(14-2)6-9(15-3)10(7)11(12)13/h4-6H,1H2,2-3H3,(H,12,13). The Balaban J connectivity index is 3.46. The Morgan fingerprint density at radius 1 is 1.40 bits per heavy atom. The van der Waals surface area contributed by atoms with Gasteiger partial charge in [-0.3, -0.25) is 0 Å². The number of rotatable bonds is 4. The van der Waals surface area contributed by atoms with Crippen LogP contribution in [0.25, 0.3) is 6.08 Å². The van der Waals surface area contributed by atoms with Crippen LogP contribution in [0.1, 0.15) is 15.9 Å². The molecule has 0 bridgehead atoms. The predicted molar refractivity (Wildman–Crippen MR) is 56.6 cm³/mol. The molecule has 15 heavy (non-hydrogen) atoms. The molecule has 0 aliphatic carbocycles. The number of aromatic carboxylic acids is 1. The zero-order valence-electron chi connectivity index (χ0n) is 8.61. The van der Waals surface area contributed by atoms with E-state index in [1.54, 1.807) is 6.07 Å². The molecule has 0 fully saturated rings. The molecule has 1 aromatic carbocycles. The monoisotopic (exact) mass is 208 g/mol. The van der Waals surface area contributed by atoms with Crippen molar-refractivity contribution in [1.82, 2.24) is 0 Å². The molecule has 0 aliphatic heterocycles. The van der Waals surface area contributed by atoms with Gasteiger partial charge in [0, 0.05) is 6.07 Å². The number of ether oxygens (including phenoxy) is 2. The van der Waals surface area contributed by atoms with Crippen LogP contribution in [-0.4, -0.2) is 25.3 Å². The van der Waals surface area contributed by atoms with E-state index in [4.69, 9.17) is 14.6 Å². The van der Waals surface area contributed by atoms with Gasteiger partial charge in [-0.05, 0) is 11.6 Å². The highest BCUT2D eigenvalue weighted by atomic mass is 16.5. The first-order chi connectivity index (χ1) is 7.13. The third-order valence-electron chi connectivity index (χ3n) is 2.00. The SMILES string of the molecule is C=Cc1cc(OC)cc(OC)c1C(=O)O. The van der Waals surface area contributed by atoms with Crippen molar-refractivity contribution in [3.05, 3.63) is 29.8 Å². The van der Waals surface area contributed by atoms with Crippen molar-refractivity contribution in [2.75, 3.05) is 14.2 Å². The molecule has 0 heterocycles. The summed E-state index contributed by atoms with van der Waals surface area (Å²) in [7, 11) is 2.91. The van der Waals surface area contributed by atoms with Gasteiger partial charge in [0.1, 0.15) is 17.1 Å². The molecule has 1 aromatic rings. The normalized spacial score (nSPS) is 9.47. The Bertz CT molecular complexity index is 396. The van der Waals surface area contributed by atoms with Gasteiger partial charge in [-0.1, -0.05) is 12.7 Å². The number of hydrogen-bond acceptors (Lipinski definition) is 3. The lowest BCUT2D eigenvalue weighted by Crippen LogP contribution is -2.04. The van der Waals surface area contributed by atoms with E-state index >= 15 is 0 Å². The van der Waals surface area contributed by atoms with E-state index in [1.807, 2.05) is 0 Å². The van der Waals surface area contributed by atoms with E-state index in [0.717, 1.165) is 0 Å². The Morgan fingerprint density at radius 3 is 2.47 bits per heavy atom. The van der Waals surface area contributed by atoms with Crippen molar-refractivity contribution >= 4 is 12.0 Å². The fourth-order valence-corrected chi connectivity index (χ4v) is 1.28. The van der Waals surface area contributed by atoms with Crippen LogP contribution in [0.15, 0.2) is 18.7 Å². The van der Waals surface area contributed by atoms with Gasteiger partial charge >= 0.3 is 5.97 Å². The van der Waals surface area contributed by atoms with Gasteiger partial charge in [0.15, 0.2) is 0 Å². The van der Waals surface area contributed by atoms with E-state index in [9.17, 15) is 4.79 Å². The average molecular weight is 208 g/mol. The lowest BCUT2D eigenvalue weighted by Gasteiger charge is -2.10. The minimum Gasteiger partial charge on any atom is -0.497 e. The predicted octanol–water partition coefficient (Wildman–Crippen LogP) is 2.04. The minimum atomic E-state index is -1.05. The molecule has 0 aliphatic rings. The van der Waals surface area contributed by atoms with E-state index in [1.165, 1.54) is 26.4 Å². The number of carboxylic acids is 1. The molecule has 1 rings (SSSR count). The lowest BCUT2D eigenvalue weighted by molar-refractivity contribution is 0.0693. The van der Waals surface area contributed by atoms with Crippen molar-refractivity contribution in [2.24, 2.45) is 0 Å². The quantitative estimate of drug-likeness (QED) is 0.822. The molecule has 0 spiro atoms. The van der Waals surface area contributed by atoms with Crippen LogP contribution in [0.3, 0.4) is 0 Å². The molecule has 4 nitrogen and oxygen atoms in total. The van der Waals surface area contributed by atoms with Gasteiger partial charge in [-0.15, -0.1) is 0 Å². The maximum absolute atomic E-state index is 11.0. The molecule has 0 saturated heterocycles. The summed E-state index contributed by atoms with van der Waals surface area (Å²) in [5.74, 6) is -0.257. The second-order valence-corrected chi connectivity index (χ2v) is 2.80. The van der Waals surface area contributed by atoms with Gasteiger partial charge < -0.3 is 14.6 Å². The molecule has 80 valence electrons. The van der Waals surface area contributed by atoms with Crippen LogP contribution >= 0.6 is 0 Å². The van der Waals surface area contributed by atoms with Crippen molar-refractivity contribution in [3.8, 4) is 11.5 Å². The Morgan fingerprint density at radius 2 is 2.07 bits per heavy atom. The number of benzene rings is 1. The van der Waals surface area contributed by atoms with E-state index < -0.39 is 5.97 Å². The molecule has 4 heteroatoms. The number of carboxylic acid groups (broad SMARTS) is 1. The first kappa shape index (κ1) is 11.1. The van der Waals surface area contributed by atoms with Crippen molar-refractivity contribution in [1.29, 1.82) is 0 Å². The lowest BCUT2D eigenvalue weighted by atomic mass is 10.1. The second-order valence-electron chi connectivity index (χ2n) is 2.80. The summed E-state index contributed by atoms with van der Waals surface area (Å²) in [6, 6.07) is 3.12. The van der Waals surface area contributed by atoms with E-state index in [-0.39, 0.29) is 11.3 Å². The van der Waals surface area contributed by atoms with Gasteiger partial charge in [-0.2, -0.15) is 0 Å². The molecular formula is C11H12O4. The Labute approximate surface area is 87.7 Å². The highest BCUT2D eigenvalue weighted by molar-refractivity contribution is 5.95. The smallest absolute Gasteiger partial charge is 0.340 e. The zero-order valence-corrected chi connectivity index (χ0v) is 8.61. The summed E-state index contributed by atoms with van der Waals surface area (Å²) in [5, 5.41) is 9.00. The fourth-order valence-electron chi connectivity index (χ4n) is 1.28. The molecular weight excluding hydrogens is 196 g/mol. The zero-order chi connectivity index (χ0) is 11.4. The first-order valence-electron chi connectivity index (χ1n) is 4.25. The van der Waals surface area contributed by atoms with Crippen LogP contribution in [0.5, 0.6) is 11.5 Å². The summed E-state index contributed by atoms with van der Waals surface area (Å²) in [5.41, 5.74) is 0.562. The van der Waals surface area contributed by atoms with Crippen molar-refractivity contribution in [3.63, 3.8) is 0 Å². The number of carbonyl (C=O) groups is 1. The largest absolute Gasteiger partial charge is 0.497 e. The molecule has 0 aromatic heterocycles. The number of methoxy groups -OCH3 is 2. The average Bonchev–Trinajstić information content (AvgIpc) is 2.26. The third-order valence-corrected chi connectivity index (χ3v) is 2.00. The molecule has 0 radical (unpaired) electrons. The Hall–Kier alpha value is -1.97. The molecule has 0 atom stereocenters. The van der Waals surface area contributed by atoms with E-state index in [2.05, 4.69) is 6.58 Å². The maximum Gasteiger partial charge on any atom is 0.340 e. The first-order valence-corrected chi connectivity index (χ1v) is 4.25. The summed E-state index contributed by atoms with van der Waals surface area (Å²) in [6.07, 6.45) is 1.45. The molecule has 1 N–H and O–H groups in total. The summed E-state index contributed by atoms with van der Waals surface area (Å²) < 4.78 is 10.00. The van der Waals surface area contributed by atoms with Crippen LogP contribution in [0.2, 0.25) is 0 Å². The maximum atomic E-state index is 11.0. The van der Waals surface area contributed by atoms with E-state index in [0.29, 0.717) is 11.3 Å². The van der Waals surface area contributed by atoms with Crippen LogP contribution in [-0.2, 0) is 0 Å². The fraction of sp³-hybridized carbons (Fsp3) is 0.182. The highest BCUT2D eigenvalue weighted by Crippen LogP contribution is 2.29. The summed E-state index contributed by atoms with van der Waals surface area (Å²) in [6.45, 7) is 3.55. The van der Waals surface area contributed by atoms with Gasteiger partial charge in [-0.25, -0.2) is 4.79 Å². The highest BCUT2D eigenvalue weighted by Gasteiger charge is 2.16. The number of hydrogen-bond donors (Lipinski definition) is 1. The van der Waals surface area contributed by atoms with Crippen molar-refractivity contribution in [2.45, 2.75) is 0 Å². The minimum absolute atomic E-state index is 0.0910. The van der Waals surface area contributed by atoms with Gasteiger partial charge in [0.05, 0.1) is 14.2 Å². The van der Waals surface area contributed by atoms with Gasteiger partial charge in [0.25, 0.3) is 0 Å². The Kier molecular flexibility index (Phi) is 3.33. The molecule has 0 saturated carbocycles. The van der Waals surface area contributed by atoms with Crippen LogP contribution in [0, 0.1) is 0 Å². The second kappa shape index (κ2) is 4.50.